The molecule has 4 nitrogen and oxygen atoms in total. The molecule has 0 spiro atoms. The summed E-state index contributed by atoms with van der Waals surface area (Å²) in [7, 11) is 0. The largest absolute Gasteiger partial charge is 0.302 e. The van der Waals surface area contributed by atoms with Crippen LogP contribution in [0.3, 0.4) is 0 Å². The van der Waals surface area contributed by atoms with Gasteiger partial charge in [0.2, 0.25) is 0 Å². The molecular formula is C25H33N3OS. The quantitative estimate of drug-likeness (QED) is 0.506. The molecule has 1 aliphatic rings. The molecule has 1 aliphatic carbocycles. The lowest BCUT2D eigenvalue weighted by Crippen LogP contribution is -2.33. The van der Waals surface area contributed by atoms with Gasteiger partial charge in [-0.25, -0.2) is 4.98 Å². The normalized spacial score (nSPS) is 14.1. The Hall–Kier alpha value is -1.98. The number of benzene rings is 1. The molecule has 3 aromatic rings. The second-order valence-corrected chi connectivity index (χ2v) is 9.49. The van der Waals surface area contributed by atoms with Crippen LogP contribution in [0.25, 0.3) is 21.3 Å². The molecule has 4 rings (SSSR count). The lowest BCUT2D eigenvalue weighted by Gasteiger charge is -2.21. The standard InChI is InChI=1S/C25H33N3OS/c1-5-27(6-2)13-14-28-23(17(3)4)26-24-22(25(28)29)21(16-30-24)20-12-11-18-9-7-8-10-19(18)15-20/h11-12,15-17H,5-10,13-14H2,1-4H3. The third-order valence-corrected chi connectivity index (χ3v) is 7.31. The van der Waals surface area contributed by atoms with Crippen LogP contribution in [-0.4, -0.2) is 34.1 Å². The number of thiophene rings is 1. The summed E-state index contributed by atoms with van der Waals surface area (Å²) in [6, 6.07) is 6.77. The molecule has 0 saturated carbocycles. The van der Waals surface area contributed by atoms with Crippen LogP contribution in [0.5, 0.6) is 0 Å². The van der Waals surface area contributed by atoms with E-state index in [0.717, 1.165) is 53.2 Å². The molecule has 160 valence electrons. The van der Waals surface area contributed by atoms with Crippen LogP contribution in [0, 0.1) is 0 Å². The maximum Gasteiger partial charge on any atom is 0.262 e. The highest BCUT2D eigenvalue weighted by Crippen LogP contribution is 2.34. The smallest absolute Gasteiger partial charge is 0.262 e. The number of aryl methyl sites for hydroxylation is 2. The van der Waals surface area contributed by atoms with E-state index in [1.165, 1.54) is 30.4 Å². The van der Waals surface area contributed by atoms with E-state index in [1.807, 2.05) is 4.57 Å². The molecule has 0 amide bonds. The summed E-state index contributed by atoms with van der Waals surface area (Å²) in [4.78, 5) is 21.9. The molecule has 2 aromatic heterocycles. The first-order valence-electron chi connectivity index (χ1n) is 11.4. The highest BCUT2D eigenvalue weighted by molar-refractivity contribution is 7.17. The highest BCUT2D eigenvalue weighted by atomic mass is 32.1. The first kappa shape index (κ1) is 21.3. The molecule has 5 heteroatoms. The second-order valence-electron chi connectivity index (χ2n) is 8.63. The molecule has 0 fully saturated rings. The summed E-state index contributed by atoms with van der Waals surface area (Å²) in [6.07, 6.45) is 4.87. The average molecular weight is 424 g/mol. The van der Waals surface area contributed by atoms with E-state index in [0.29, 0.717) is 6.54 Å². The zero-order chi connectivity index (χ0) is 21.3. The van der Waals surface area contributed by atoms with Crippen molar-refractivity contribution in [2.75, 3.05) is 19.6 Å². The highest BCUT2D eigenvalue weighted by Gasteiger charge is 2.20. The van der Waals surface area contributed by atoms with Crippen LogP contribution in [0.15, 0.2) is 28.4 Å². The van der Waals surface area contributed by atoms with Gasteiger partial charge >= 0.3 is 0 Å². The van der Waals surface area contributed by atoms with Gasteiger partial charge in [-0.1, -0.05) is 45.9 Å². The fraction of sp³-hybridized carbons (Fsp3) is 0.520. The fourth-order valence-corrected chi connectivity index (χ4v) is 5.54. The van der Waals surface area contributed by atoms with Crippen LogP contribution in [0.2, 0.25) is 0 Å². The average Bonchev–Trinajstić information content (AvgIpc) is 3.19. The van der Waals surface area contributed by atoms with E-state index in [2.05, 4.69) is 56.2 Å². The van der Waals surface area contributed by atoms with Gasteiger partial charge in [-0.15, -0.1) is 11.3 Å². The molecule has 0 saturated heterocycles. The van der Waals surface area contributed by atoms with Gasteiger partial charge in [0.05, 0.1) is 5.39 Å². The van der Waals surface area contributed by atoms with Crippen molar-refractivity contribution in [3.8, 4) is 11.1 Å². The zero-order valence-corrected chi connectivity index (χ0v) is 19.5. The summed E-state index contributed by atoms with van der Waals surface area (Å²) >= 11 is 1.60. The van der Waals surface area contributed by atoms with Crippen molar-refractivity contribution < 1.29 is 0 Å². The van der Waals surface area contributed by atoms with Crippen molar-refractivity contribution >= 4 is 21.6 Å². The molecule has 2 heterocycles. The van der Waals surface area contributed by atoms with E-state index in [-0.39, 0.29) is 11.5 Å². The number of hydrogen-bond donors (Lipinski definition) is 0. The lowest BCUT2D eigenvalue weighted by atomic mass is 9.89. The minimum absolute atomic E-state index is 0.116. The molecule has 30 heavy (non-hydrogen) atoms. The van der Waals surface area contributed by atoms with Crippen molar-refractivity contribution in [1.82, 2.24) is 14.5 Å². The van der Waals surface area contributed by atoms with Crippen LogP contribution in [0.4, 0.5) is 0 Å². The molecule has 1 aromatic carbocycles. The fourth-order valence-electron chi connectivity index (χ4n) is 4.59. The molecule has 0 unspecified atom stereocenters. The molecule has 0 atom stereocenters. The van der Waals surface area contributed by atoms with Crippen molar-refractivity contribution in [1.29, 1.82) is 0 Å². The van der Waals surface area contributed by atoms with E-state index >= 15 is 0 Å². The van der Waals surface area contributed by atoms with Crippen LogP contribution in [-0.2, 0) is 19.4 Å². The monoisotopic (exact) mass is 423 g/mol. The molecular weight excluding hydrogens is 390 g/mol. The van der Waals surface area contributed by atoms with Crippen molar-refractivity contribution in [3.05, 3.63) is 50.9 Å². The summed E-state index contributed by atoms with van der Waals surface area (Å²) in [5.74, 6) is 1.12. The number of nitrogens with zero attached hydrogens (tertiary/aromatic N) is 3. The summed E-state index contributed by atoms with van der Waals surface area (Å²) < 4.78 is 1.93. The number of likely N-dealkylation sites (N-methyl/N-ethyl adjacent to an activating group) is 1. The predicted octanol–water partition coefficient (Wildman–Crippen LogP) is 5.47. The molecule has 0 bridgehead atoms. The van der Waals surface area contributed by atoms with E-state index < -0.39 is 0 Å². The van der Waals surface area contributed by atoms with Gasteiger partial charge in [-0.3, -0.25) is 9.36 Å². The van der Waals surface area contributed by atoms with Crippen molar-refractivity contribution in [3.63, 3.8) is 0 Å². The number of hydrogen-bond acceptors (Lipinski definition) is 4. The maximum absolute atomic E-state index is 13.7. The van der Waals surface area contributed by atoms with Gasteiger partial charge in [0, 0.05) is 30.0 Å². The first-order valence-corrected chi connectivity index (χ1v) is 12.3. The number of aromatic nitrogens is 2. The Morgan fingerprint density at radius 2 is 1.87 bits per heavy atom. The van der Waals surface area contributed by atoms with Crippen LogP contribution in [0.1, 0.15) is 63.4 Å². The van der Waals surface area contributed by atoms with Gasteiger partial charge in [0.25, 0.3) is 5.56 Å². The van der Waals surface area contributed by atoms with Crippen LogP contribution < -0.4 is 5.56 Å². The van der Waals surface area contributed by atoms with Crippen molar-refractivity contribution in [2.45, 2.75) is 65.8 Å². The summed E-state index contributed by atoms with van der Waals surface area (Å²) in [5, 5.41) is 2.92. The molecule has 0 radical (unpaired) electrons. The summed E-state index contributed by atoms with van der Waals surface area (Å²) in [5.41, 5.74) is 5.25. The van der Waals surface area contributed by atoms with E-state index in [4.69, 9.17) is 4.98 Å². The van der Waals surface area contributed by atoms with E-state index in [9.17, 15) is 4.79 Å². The zero-order valence-electron chi connectivity index (χ0n) is 18.7. The van der Waals surface area contributed by atoms with Gasteiger partial charge in [0.15, 0.2) is 0 Å². The van der Waals surface area contributed by atoms with Gasteiger partial charge < -0.3 is 4.90 Å². The third kappa shape index (κ3) is 3.97. The minimum Gasteiger partial charge on any atom is -0.302 e. The first-order chi connectivity index (χ1) is 14.5. The number of rotatable bonds is 7. The van der Waals surface area contributed by atoms with E-state index in [1.54, 1.807) is 11.3 Å². The Labute approximate surface area is 183 Å². The third-order valence-electron chi connectivity index (χ3n) is 6.43. The Kier molecular flexibility index (Phi) is 6.40. The molecule has 0 N–H and O–H groups in total. The Morgan fingerprint density at radius 3 is 2.57 bits per heavy atom. The maximum atomic E-state index is 13.7. The topological polar surface area (TPSA) is 38.1 Å². The SMILES string of the molecule is CCN(CC)CCn1c(C(C)C)nc2scc(-c3ccc4c(c3)CCCC4)c2c1=O. The Balaban J connectivity index is 1.81. The number of fused-ring (bicyclic) bond motifs is 2. The van der Waals surface area contributed by atoms with Crippen molar-refractivity contribution in [2.24, 2.45) is 0 Å². The second kappa shape index (κ2) is 9.03. The van der Waals surface area contributed by atoms with Gasteiger partial charge in [-0.05, 0) is 55.5 Å². The molecule has 0 aliphatic heterocycles. The lowest BCUT2D eigenvalue weighted by molar-refractivity contribution is 0.286. The van der Waals surface area contributed by atoms with Crippen LogP contribution >= 0.6 is 11.3 Å². The summed E-state index contributed by atoms with van der Waals surface area (Å²) in [6.45, 7) is 12.1. The van der Waals surface area contributed by atoms with Gasteiger partial charge in [-0.2, -0.15) is 0 Å². The Bertz CT molecular complexity index is 1090. The van der Waals surface area contributed by atoms with Gasteiger partial charge in [0.1, 0.15) is 10.7 Å². The minimum atomic E-state index is 0.116. The predicted molar refractivity (Wildman–Crippen MR) is 128 cm³/mol. The Morgan fingerprint density at radius 1 is 1.13 bits per heavy atom.